The van der Waals surface area contributed by atoms with E-state index in [4.69, 9.17) is 34.8 Å². The SMILES string of the molecule is CN(C)[C@@H]1C[C@]2(c3cccc(C(F)(F)F)c3)C(C[C@H]1N(C)c1cc(F)c(S(=O)(=O)Nc3ccncn3)cc1Cl)C2(Cl)Cl. The number of likely N-dealkylation sites (N-methyl/N-ethyl adjacent to an activating group) is 2. The van der Waals surface area contributed by atoms with Crippen molar-refractivity contribution < 1.29 is 26.0 Å². The Bertz CT molecular complexity index is 1610. The lowest BCUT2D eigenvalue weighted by Crippen LogP contribution is -2.53. The van der Waals surface area contributed by atoms with Gasteiger partial charge in [-0.3, -0.25) is 4.72 Å². The van der Waals surface area contributed by atoms with Gasteiger partial charge in [0.15, 0.2) is 0 Å². The number of sulfonamides is 1. The van der Waals surface area contributed by atoms with Crippen LogP contribution >= 0.6 is 34.8 Å². The molecule has 0 spiro atoms. The summed E-state index contributed by atoms with van der Waals surface area (Å²) < 4.78 is 82.6. The van der Waals surface area contributed by atoms with Crippen molar-refractivity contribution in [3.05, 3.63) is 77.0 Å². The molecule has 0 aliphatic heterocycles. The predicted octanol–water partition coefficient (Wildman–Crippen LogP) is 6.36. The molecule has 1 unspecified atom stereocenters. The number of hydrogen-bond acceptors (Lipinski definition) is 6. The van der Waals surface area contributed by atoms with Crippen LogP contribution in [0.25, 0.3) is 0 Å². The van der Waals surface area contributed by atoms with Crippen molar-refractivity contribution in [2.75, 3.05) is 30.8 Å². The van der Waals surface area contributed by atoms with E-state index in [1.165, 1.54) is 18.3 Å². The Labute approximate surface area is 255 Å². The maximum atomic E-state index is 15.4. The molecule has 0 saturated heterocycles. The molecule has 2 aliphatic carbocycles. The van der Waals surface area contributed by atoms with Crippen molar-refractivity contribution in [3.63, 3.8) is 0 Å². The molecule has 3 aromatic rings. The average molecular weight is 667 g/mol. The standard InChI is InChI=1S/C27H26Cl3F4N5O2S/c1-38(2)21-13-25(15-5-4-6-16(9-15)27(32,33)34)23(26(25,29)30)12-20(21)39(3)19-11-18(31)22(10-17(19)28)42(40,41)37-24-7-8-35-14-36-24/h4-11,14,20-21,23H,12-13H2,1-3H3,(H,35,36,37)/t20-,21-,23?,25+/m1/s1. The number of alkyl halides is 5. The number of fused-ring (bicyclic) bond motifs is 1. The molecule has 1 aromatic heterocycles. The molecular formula is C27H26Cl3F4N5O2S. The maximum absolute atomic E-state index is 15.4. The fourth-order valence-electron chi connectivity index (χ4n) is 6.17. The van der Waals surface area contributed by atoms with Crippen LogP contribution in [0.2, 0.25) is 5.02 Å². The topological polar surface area (TPSA) is 78.4 Å². The third-order valence-corrected chi connectivity index (χ3v) is 11.2. The van der Waals surface area contributed by atoms with Crippen molar-refractivity contribution in [1.29, 1.82) is 0 Å². The number of rotatable bonds is 7. The molecule has 0 radical (unpaired) electrons. The highest BCUT2D eigenvalue weighted by Gasteiger charge is 2.78. The van der Waals surface area contributed by atoms with Gasteiger partial charge < -0.3 is 9.80 Å². The molecule has 1 heterocycles. The van der Waals surface area contributed by atoms with Crippen LogP contribution in [0.5, 0.6) is 0 Å². The zero-order valence-corrected chi connectivity index (χ0v) is 25.6. The summed E-state index contributed by atoms with van der Waals surface area (Å²) in [4.78, 5) is 10.5. The highest BCUT2D eigenvalue weighted by atomic mass is 35.5. The van der Waals surface area contributed by atoms with E-state index >= 15 is 4.39 Å². The van der Waals surface area contributed by atoms with E-state index in [0.29, 0.717) is 18.4 Å². The minimum atomic E-state index is -4.53. The lowest BCUT2D eigenvalue weighted by Gasteiger charge is -2.44. The van der Waals surface area contributed by atoms with Crippen molar-refractivity contribution in [3.8, 4) is 0 Å². The molecule has 2 saturated carbocycles. The highest BCUT2D eigenvalue weighted by molar-refractivity contribution is 7.92. The highest BCUT2D eigenvalue weighted by Crippen LogP contribution is 2.75. The maximum Gasteiger partial charge on any atom is 0.416 e. The largest absolute Gasteiger partial charge is 0.416 e. The van der Waals surface area contributed by atoms with Gasteiger partial charge in [0, 0.05) is 42.7 Å². The summed E-state index contributed by atoms with van der Waals surface area (Å²) in [5.41, 5.74) is -1.07. The first kappa shape index (κ1) is 31.1. The number of anilines is 2. The first-order valence-electron chi connectivity index (χ1n) is 12.7. The fraction of sp³-hybridized carbons (Fsp3) is 0.407. The monoisotopic (exact) mass is 665 g/mol. The van der Waals surface area contributed by atoms with Crippen LogP contribution < -0.4 is 9.62 Å². The normalized spacial score (nSPS) is 25.2. The summed E-state index contributed by atoms with van der Waals surface area (Å²) in [6.07, 6.45) is -1.38. The molecule has 2 aliphatic rings. The number of halogens is 7. The van der Waals surface area contributed by atoms with Crippen molar-refractivity contribution >= 4 is 56.3 Å². The molecule has 7 nitrogen and oxygen atoms in total. The summed E-state index contributed by atoms with van der Waals surface area (Å²) in [5, 5.41) is -0.0204. The molecule has 5 rings (SSSR count). The van der Waals surface area contributed by atoms with Gasteiger partial charge in [-0.1, -0.05) is 29.8 Å². The zero-order valence-electron chi connectivity index (χ0n) is 22.5. The Kier molecular flexibility index (Phi) is 7.88. The summed E-state index contributed by atoms with van der Waals surface area (Å²) in [7, 11) is 0.980. The molecular weight excluding hydrogens is 641 g/mol. The van der Waals surface area contributed by atoms with E-state index in [0.717, 1.165) is 30.6 Å². The van der Waals surface area contributed by atoms with Crippen LogP contribution in [0.1, 0.15) is 24.0 Å². The van der Waals surface area contributed by atoms with E-state index in [1.54, 1.807) is 18.0 Å². The van der Waals surface area contributed by atoms with Gasteiger partial charge in [-0.05, 0) is 50.7 Å². The number of nitrogens with zero attached hydrogens (tertiary/aromatic N) is 4. The van der Waals surface area contributed by atoms with Crippen molar-refractivity contribution in [1.82, 2.24) is 14.9 Å². The minimum absolute atomic E-state index is 0.0204. The van der Waals surface area contributed by atoms with E-state index in [9.17, 15) is 21.6 Å². The second-order valence-corrected chi connectivity index (χ2v) is 14.3. The molecule has 2 fully saturated rings. The fourth-order valence-corrected chi connectivity index (χ4v) is 8.70. The Hall–Kier alpha value is -2.38. The van der Waals surface area contributed by atoms with E-state index in [2.05, 4.69) is 14.7 Å². The first-order valence-corrected chi connectivity index (χ1v) is 15.3. The second-order valence-electron chi connectivity index (χ2n) is 10.8. The predicted molar refractivity (Wildman–Crippen MR) is 154 cm³/mol. The van der Waals surface area contributed by atoms with Crippen LogP contribution in [-0.2, 0) is 21.6 Å². The van der Waals surface area contributed by atoms with Gasteiger partial charge in [0.25, 0.3) is 10.0 Å². The lowest BCUT2D eigenvalue weighted by atomic mass is 9.76. The van der Waals surface area contributed by atoms with Gasteiger partial charge >= 0.3 is 6.18 Å². The minimum Gasteiger partial charge on any atom is -0.369 e. The molecule has 42 heavy (non-hydrogen) atoms. The summed E-state index contributed by atoms with van der Waals surface area (Å²) in [6, 6.07) is 7.83. The quantitative estimate of drug-likeness (QED) is 0.234. The number of benzene rings is 2. The Morgan fingerprint density at radius 3 is 2.40 bits per heavy atom. The van der Waals surface area contributed by atoms with Crippen LogP contribution in [0.15, 0.2) is 59.9 Å². The molecule has 226 valence electrons. The Balaban J connectivity index is 1.47. The molecule has 0 bridgehead atoms. The molecule has 15 heteroatoms. The van der Waals surface area contributed by atoms with Gasteiger partial charge in [0.1, 0.15) is 27.2 Å². The number of hydrogen-bond donors (Lipinski definition) is 1. The van der Waals surface area contributed by atoms with Crippen molar-refractivity contribution in [2.45, 2.75) is 45.7 Å². The average Bonchev–Trinajstić information content (AvgIpc) is 3.43. The summed E-state index contributed by atoms with van der Waals surface area (Å²) in [5.74, 6) is -1.48. The molecule has 1 N–H and O–H groups in total. The lowest BCUT2D eigenvalue weighted by molar-refractivity contribution is -0.137. The van der Waals surface area contributed by atoms with Gasteiger partial charge in [0.05, 0.1) is 16.3 Å². The van der Waals surface area contributed by atoms with Crippen LogP contribution in [0, 0.1) is 11.7 Å². The molecule has 4 atom stereocenters. The summed E-state index contributed by atoms with van der Waals surface area (Å²) in [6.45, 7) is 0. The van der Waals surface area contributed by atoms with Crippen molar-refractivity contribution in [2.24, 2.45) is 5.92 Å². The van der Waals surface area contributed by atoms with Gasteiger partial charge in [0.2, 0.25) is 0 Å². The Morgan fingerprint density at radius 2 is 1.79 bits per heavy atom. The summed E-state index contributed by atoms with van der Waals surface area (Å²) >= 11 is 20.2. The van der Waals surface area contributed by atoms with Crippen LogP contribution in [0.3, 0.4) is 0 Å². The third-order valence-electron chi connectivity index (χ3n) is 8.35. The van der Waals surface area contributed by atoms with Crippen LogP contribution in [0.4, 0.5) is 29.1 Å². The Morgan fingerprint density at radius 1 is 1.07 bits per heavy atom. The smallest absolute Gasteiger partial charge is 0.369 e. The third kappa shape index (κ3) is 5.19. The molecule has 0 amide bonds. The van der Waals surface area contributed by atoms with Crippen LogP contribution in [-0.4, -0.2) is 60.8 Å². The number of aromatic nitrogens is 2. The molecule has 2 aromatic carbocycles. The van der Waals surface area contributed by atoms with Gasteiger partial charge in [-0.2, -0.15) is 13.2 Å². The number of nitrogens with one attached hydrogen (secondary N) is 1. The van der Waals surface area contributed by atoms with Gasteiger partial charge in [-0.15, -0.1) is 23.2 Å². The van der Waals surface area contributed by atoms with E-state index in [-0.39, 0.29) is 28.6 Å². The second kappa shape index (κ2) is 10.7. The zero-order chi connectivity index (χ0) is 30.8. The van der Waals surface area contributed by atoms with E-state index < -0.39 is 48.1 Å². The first-order chi connectivity index (χ1) is 19.5. The van der Waals surface area contributed by atoms with Gasteiger partial charge in [-0.25, -0.2) is 22.8 Å². The van der Waals surface area contributed by atoms with E-state index in [1.807, 2.05) is 19.0 Å².